The van der Waals surface area contributed by atoms with Crippen LogP contribution in [0.5, 0.6) is 5.75 Å². The van der Waals surface area contributed by atoms with Crippen LogP contribution in [-0.4, -0.2) is 92.4 Å². The maximum absolute atomic E-state index is 16.6. The highest BCUT2D eigenvalue weighted by molar-refractivity contribution is 6.01. The summed E-state index contributed by atoms with van der Waals surface area (Å²) in [5.41, 5.74) is 9.76. The number of ether oxygens (including phenoxy) is 1. The van der Waals surface area contributed by atoms with Gasteiger partial charge in [-0.25, -0.2) is 0 Å². The first-order valence-electron chi connectivity index (χ1n) is 34.1. The summed E-state index contributed by atoms with van der Waals surface area (Å²) in [7, 11) is 1.91. The molecule has 14 aliphatic rings. The highest BCUT2D eigenvalue weighted by Gasteiger charge is 2.79. The average molecular weight is 1170 g/mol. The van der Waals surface area contributed by atoms with E-state index >= 15 is 9.59 Å². The van der Waals surface area contributed by atoms with E-state index in [4.69, 9.17) is 10.5 Å². The molecule has 0 amide bonds. The van der Waals surface area contributed by atoms with Gasteiger partial charge in [-0.2, -0.15) is 0 Å². The Morgan fingerprint density at radius 1 is 0.826 bits per heavy atom. The number of rotatable bonds is 9. The molecule has 7 fully saturated rings. The molecule has 86 heavy (non-hydrogen) atoms. The summed E-state index contributed by atoms with van der Waals surface area (Å²) in [6.07, 6.45) is 27.2. The van der Waals surface area contributed by atoms with Crippen LogP contribution in [0.25, 0.3) is 0 Å². The van der Waals surface area contributed by atoms with Gasteiger partial charge in [-0.3, -0.25) is 9.59 Å². The van der Waals surface area contributed by atoms with Crippen LogP contribution in [0.4, 0.5) is 5.69 Å². The normalized spacial score (nSPS) is 48.8. The zero-order chi connectivity index (χ0) is 59.9. The van der Waals surface area contributed by atoms with Crippen molar-refractivity contribution in [2.24, 2.45) is 105 Å². The summed E-state index contributed by atoms with van der Waals surface area (Å²) in [5, 5.41) is 70.4. The summed E-state index contributed by atoms with van der Waals surface area (Å²) < 4.78 is 7.08. The molecule has 12 aliphatic carbocycles. The monoisotopic (exact) mass is 1170 g/mol. The number of aromatic hydroxyl groups is 1. The molecule has 0 radical (unpaired) electrons. The molecule has 11 heteroatoms. The van der Waals surface area contributed by atoms with Gasteiger partial charge in [-0.15, -0.1) is 0 Å². The van der Waals surface area contributed by atoms with Gasteiger partial charge in [0.2, 0.25) is 0 Å². The van der Waals surface area contributed by atoms with Crippen LogP contribution in [0.2, 0.25) is 0 Å². The number of carbonyl (C=O) groups excluding carboxylic acids is 2. The minimum atomic E-state index is -0.982. The Labute approximate surface area is 511 Å². The molecule has 2 heterocycles. The fraction of sp³-hybridized carbons (Fsp3) is 0.680. The molecule has 0 aromatic heterocycles. The number of anilines is 1. The van der Waals surface area contributed by atoms with Crippen molar-refractivity contribution in [2.75, 3.05) is 19.3 Å². The number of nitrogens with one attached hydrogen (secondary N) is 2. The molecular formula is C75H99N3O8. The Hall–Kier alpha value is -4.20. The average Bonchev–Trinajstić information content (AvgIpc) is 1.51. The van der Waals surface area contributed by atoms with Crippen LogP contribution in [0, 0.1) is 105 Å². The van der Waals surface area contributed by atoms with Gasteiger partial charge in [0.25, 0.3) is 0 Å². The van der Waals surface area contributed by atoms with E-state index in [1.165, 1.54) is 16.7 Å². The number of nitrogen functional groups attached to an aromatic ring is 1. The van der Waals surface area contributed by atoms with E-state index in [-0.39, 0.29) is 100 Å². The van der Waals surface area contributed by atoms with Gasteiger partial charge in [-0.05, 0) is 237 Å². The third kappa shape index (κ3) is 8.27. The van der Waals surface area contributed by atoms with E-state index in [0.29, 0.717) is 57.5 Å². The molecule has 10 bridgehead atoms. The summed E-state index contributed by atoms with van der Waals surface area (Å²) in [5.74, 6) is -0.178. The van der Waals surface area contributed by atoms with Crippen molar-refractivity contribution in [1.82, 2.24) is 10.6 Å². The van der Waals surface area contributed by atoms with E-state index in [2.05, 4.69) is 112 Å². The Morgan fingerprint density at radius 3 is 2.38 bits per heavy atom. The summed E-state index contributed by atoms with van der Waals surface area (Å²) in [4.78, 5) is 33.1. The number of hydrogen-bond donors (Lipinski definition) is 8. The maximum atomic E-state index is 16.6. The first-order valence-corrected chi connectivity index (χ1v) is 34.1. The number of hydrogen-bond acceptors (Lipinski definition) is 11. The fourth-order valence-corrected chi connectivity index (χ4v) is 24.8. The van der Waals surface area contributed by atoms with Crippen molar-refractivity contribution >= 4 is 17.3 Å². The highest BCUT2D eigenvalue weighted by Crippen LogP contribution is 2.81. The quantitative estimate of drug-likeness (QED) is 0.0676. The van der Waals surface area contributed by atoms with E-state index in [1.54, 1.807) is 0 Å². The number of aliphatic hydroxyl groups is 4. The zero-order valence-corrected chi connectivity index (χ0v) is 52.3. The second-order valence-electron chi connectivity index (χ2n) is 32.3. The van der Waals surface area contributed by atoms with Crippen molar-refractivity contribution < 1.29 is 39.9 Å². The summed E-state index contributed by atoms with van der Waals surface area (Å²) in [6.45, 7) is 14.6. The number of ketones is 2. The lowest BCUT2D eigenvalue weighted by Gasteiger charge is -2.75. The number of nitrogens with two attached hydrogens (primary N) is 1. The number of epoxide rings is 1. The minimum absolute atomic E-state index is 0.0190. The second kappa shape index (κ2) is 20.4. The van der Waals surface area contributed by atoms with E-state index < -0.39 is 69.1 Å². The van der Waals surface area contributed by atoms with Crippen LogP contribution < -0.4 is 16.4 Å². The van der Waals surface area contributed by atoms with Crippen LogP contribution >= 0.6 is 0 Å². The molecule has 5 saturated carbocycles. The molecule has 2 aromatic carbocycles. The molecule has 0 unspecified atom stereocenters. The Bertz CT molecular complexity index is 3250. The predicted molar refractivity (Wildman–Crippen MR) is 334 cm³/mol. The fourth-order valence-electron chi connectivity index (χ4n) is 24.8. The molecule has 9 N–H and O–H groups in total. The number of benzene rings is 2. The smallest absolute Gasteiger partial charge is 0.160 e. The molecular weight excluding hydrogens is 1070 g/mol. The number of phenolic OH excluding ortho intramolecular Hbond substituents is 1. The second-order valence-corrected chi connectivity index (χ2v) is 32.3. The molecule has 2 aliphatic heterocycles. The molecule has 11 nitrogen and oxygen atoms in total. The minimum Gasteiger partial charge on any atom is -0.508 e. The van der Waals surface area contributed by atoms with E-state index in [9.17, 15) is 25.5 Å². The third-order valence-electron chi connectivity index (χ3n) is 27.6. The third-order valence-corrected chi connectivity index (χ3v) is 27.6. The Morgan fingerprint density at radius 2 is 1.59 bits per heavy atom. The van der Waals surface area contributed by atoms with Crippen LogP contribution in [0.15, 0.2) is 96.2 Å². The number of phenols is 1. The lowest BCUT2D eigenvalue weighted by atomic mass is 9.29. The van der Waals surface area contributed by atoms with Gasteiger partial charge in [0.05, 0.1) is 35.4 Å². The van der Waals surface area contributed by atoms with Crippen LogP contribution in [0.3, 0.4) is 0 Å². The first kappa shape index (κ1) is 58.2. The van der Waals surface area contributed by atoms with Gasteiger partial charge in [0.1, 0.15) is 17.6 Å². The predicted octanol–water partition coefficient (Wildman–Crippen LogP) is 11.0. The van der Waals surface area contributed by atoms with E-state index in [0.717, 1.165) is 80.2 Å². The SMILES string of the molecule is CNCc1cc(O)cc([C@H]2C(=O)[C@]34CC=C[C@@H]2[C@@]2(C)[C@H]5CCC6=C7C(=O)C[C@]6(C)[C@]5(C[C@@H](NC[C@@](C)(O)CCCC3)[C@@H]42)[C@@H]2C[C@@H](C=C[C@@H]2O)[C@@H]2[C@H]3[C@H](C=C[C@@H]([C@@H](O)[C@H]4O[C@]4(C)[C@@H]4CCC[C@H]4c4cc(N)cc(CC(C)C)c4)[C@H]73)[C@H]3C[C@@H]2C=C[C@@H]3O)c1. The standard InChI is InChI=1S/C75H99N3O8/c1-39(2)26-40-27-44(31-46(76)29-40)48-12-10-13-52(48)73(6)69(86-73)66(83)50-18-17-49-51-33-42(15-20-57(51)80)61-43-16-21-58(81)55(34-43)75-35-56-67-72(5,60(75)22-19-53-65(64(50)63(49)61)59(82)36-71(53,75)4)54-14-11-25-74(67,24-9-8-23-70(3,85)38-78-56)68(84)62(54)45-28-41(37-77-7)30-47(79)32-45/h11,14-18,20-21,27-32,39,42-43,48-52,54-58,60-64,66-67,69,77-81,83,85H,8-10,12-13,19,22-26,33-38,76H2,1-7H3/t42-,43+,48-,49+,50+,51+,52+,54-,55+,56+,57-,58-,60+,61+,62+,63+,64-,66+,67+,69+,70-,71-,72-,73+,74-,75+/m0/s1. The first-order chi connectivity index (χ1) is 41.1. The van der Waals surface area contributed by atoms with Gasteiger partial charge in [0, 0.05) is 48.0 Å². The lowest BCUT2D eigenvalue weighted by Crippen LogP contribution is -2.75. The molecule has 2 aromatic rings. The summed E-state index contributed by atoms with van der Waals surface area (Å²) in [6, 6.07) is 12.3. The van der Waals surface area contributed by atoms with Gasteiger partial charge < -0.3 is 46.6 Å². The molecule has 2 saturated heterocycles. The van der Waals surface area contributed by atoms with Gasteiger partial charge in [0.15, 0.2) is 5.78 Å². The van der Waals surface area contributed by atoms with E-state index in [1.807, 2.05) is 32.2 Å². The van der Waals surface area contributed by atoms with Crippen LogP contribution in [-0.2, 0) is 27.3 Å². The van der Waals surface area contributed by atoms with Crippen molar-refractivity contribution in [1.29, 1.82) is 0 Å². The molecule has 462 valence electrons. The number of allylic oxidation sites excluding steroid dienone is 7. The maximum Gasteiger partial charge on any atom is 0.160 e. The van der Waals surface area contributed by atoms with Gasteiger partial charge in [-0.1, -0.05) is 113 Å². The topological polar surface area (TPSA) is 198 Å². The Balaban J connectivity index is 0.906. The Kier molecular flexibility index (Phi) is 13.8. The summed E-state index contributed by atoms with van der Waals surface area (Å²) >= 11 is 0. The highest BCUT2D eigenvalue weighted by atomic mass is 16.6. The molecule has 2 spiro atoms. The van der Waals surface area contributed by atoms with Crippen molar-refractivity contribution in [2.45, 2.75) is 198 Å². The van der Waals surface area contributed by atoms with Crippen molar-refractivity contribution in [3.63, 3.8) is 0 Å². The number of fused-ring (bicyclic) bond motifs is 10. The van der Waals surface area contributed by atoms with Crippen molar-refractivity contribution in [3.8, 4) is 5.75 Å². The number of Topliss-reactive ketones (excluding diaryl/α,β-unsaturated/α-hetero) is 2. The lowest BCUT2D eigenvalue weighted by molar-refractivity contribution is -0.243. The molecule has 26 atom stereocenters. The largest absolute Gasteiger partial charge is 0.508 e. The molecule has 16 rings (SSSR count). The van der Waals surface area contributed by atoms with Gasteiger partial charge >= 0.3 is 0 Å². The number of aliphatic hydroxyl groups excluding tert-OH is 3. The van der Waals surface area contributed by atoms with Crippen molar-refractivity contribution in [3.05, 3.63) is 118 Å². The number of carbonyl (C=O) groups is 2. The zero-order valence-electron chi connectivity index (χ0n) is 52.3. The number of β-amino-alcohol motifs (C(OH)–C–C–N with tert-alkyl or cyclic N) is 1. The van der Waals surface area contributed by atoms with Crippen LogP contribution in [0.1, 0.15) is 166 Å².